The molecule has 0 amide bonds. The molecule has 0 saturated carbocycles. The maximum absolute atomic E-state index is 4.42. The molecule has 2 heterocycles. The Morgan fingerprint density at radius 2 is 2.06 bits per heavy atom. The first-order chi connectivity index (χ1) is 7.86. The zero-order chi connectivity index (χ0) is 11.0. The molecule has 16 heavy (non-hydrogen) atoms. The minimum Gasteiger partial charge on any atom is -0.316 e. The highest BCUT2D eigenvalue weighted by atomic mass is 127. The summed E-state index contributed by atoms with van der Waals surface area (Å²) >= 11 is 2.33. The molecule has 1 aromatic carbocycles. The average molecular weight is 324 g/mol. The van der Waals surface area contributed by atoms with E-state index in [1.807, 2.05) is 6.20 Å². The SMILES string of the molecule is Ic1ncc2n1C(c1ccccc1)CCC2. The van der Waals surface area contributed by atoms with Gasteiger partial charge < -0.3 is 4.57 Å². The summed E-state index contributed by atoms with van der Waals surface area (Å²) in [7, 11) is 0. The number of fused-ring (bicyclic) bond motifs is 1. The highest BCUT2D eigenvalue weighted by Crippen LogP contribution is 2.32. The molecule has 0 N–H and O–H groups in total. The normalized spacial score (nSPS) is 19.4. The predicted octanol–water partition coefficient (Wildman–Crippen LogP) is 3.41. The maximum Gasteiger partial charge on any atom is 0.172 e. The molecule has 82 valence electrons. The third kappa shape index (κ3) is 1.67. The minimum absolute atomic E-state index is 0.486. The first kappa shape index (κ1) is 10.3. The van der Waals surface area contributed by atoms with E-state index in [1.165, 1.54) is 30.5 Å². The van der Waals surface area contributed by atoms with Crippen LogP contribution in [0.4, 0.5) is 0 Å². The monoisotopic (exact) mass is 324 g/mol. The van der Waals surface area contributed by atoms with Crippen LogP contribution in [0.25, 0.3) is 0 Å². The van der Waals surface area contributed by atoms with E-state index in [9.17, 15) is 0 Å². The second kappa shape index (κ2) is 4.20. The summed E-state index contributed by atoms with van der Waals surface area (Å²) in [6.07, 6.45) is 5.68. The van der Waals surface area contributed by atoms with Crippen LogP contribution in [0.5, 0.6) is 0 Å². The van der Waals surface area contributed by atoms with Gasteiger partial charge >= 0.3 is 0 Å². The van der Waals surface area contributed by atoms with E-state index < -0.39 is 0 Å². The summed E-state index contributed by atoms with van der Waals surface area (Å²) in [5.41, 5.74) is 2.78. The summed E-state index contributed by atoms with van der Waals surface area (Å²) < 4.78 is 3.50. The van der Waals surface area contributed by atoms with Crippen molar-refractivity contribution in [3.63, 3.8) is 0 Å². The fourth-order valence-corrected chi connectivity index (χ4v) is 3.27. The van der Waals surface area contributed by atoms with E-state index in [2.05, 4.69) is 62.5 Å². The van der Waals surface area contributed by atoms with Crippen molar-refractivity contribution < 1.29 is 0 Å². The maximum atomic E-state index is 4.42. The van der Waals surface area contributed by atoms with Gasteiger partial charge in [-0.05, 0) is 47.4 Å². The third-order valence-corrected chi connectivity index (χ3v) is 4.03. The van der Waals surface area contributed by atoms with Crippen LogP contribution in [-0.2, 0) is 6.42 Å². The molecule has 1 unspecified atom stereocenters. The van der Waals surface area contributed by atoms with Crippen LogP contribution in [-0.4, -0.2) is 9.55 Å². The Morgan fingerprint density at radius 3 is 2.88 bits per heavy atom. The van der Waals surface area contributed by atoms with Gasteiger partial charge in [-0.1, -0.05) is 30.3 Å². The molecule has 3 heteroatoms. The van der Waals surface area contributed by atoms with E-state index in [-0.39, 0.29) is 0 Å². The van der Waals surface area contributed by atoms with E-state index >= 15 is 0 Å². The first-order valence-corrected chi connectivity index (χ1v) is 6.70. The number of imidazole rings is 1. The van der Waals surface area contributed by atoms with Gasteiger partial charge in [0.2, 0.25) is 0 Å². The van der Waals surface area contributed by atoms with Crippen molar-refractivity contribution in [1.29, 1.82) is 0 Å². The van der Waals surface area contributed by atoms with E-state index in [1.54, 1.807) is 0 Å². The minimum atomic E-state index is 0.486. The molecule has 0 fully saturated rings. The number of rotatable bonds is 1. The number of halogens is 1. The van der Waals surface area contributed by atoms with Crippen molar-refractivity contribution >= 4 is 22.6 Å². The Hall–Kier alpha value is -0.840. The lowest BCUT2D eigenvalue weighted by Gasteiger charge is -2.26. The van der Waals surface area contributed by atoms with Gasteiger partial charge in [0.25, 0.3) is 0 Å². The van der Waals surface area contributed by atoms with Gasteiger partial charge in [0.15, 0.2) is 3.83 Å². The molecule has 1 aliphatic rings. The van der Waals surface area contributed by atoms with E-state index in [0.717, 1.165) is 3.83 Å². The number of aromatic nitrogens is 2. The lowest BCUT2D eigenvalue weighted by atomic mass is 9.96. The van der Waals surface area contributed by atoms with Gasteiger partial charge in [0, 0.05) is 11.9 Å². The Balaban J connectivity index is 2.08. The van der Waals surface area contributed by atoms with Crippen molar-refractivity contribution in [1.82, 2.24) is 9.55 Å². The van der Waals surface area contributed by atoms with Crippen LogP contribution in [0.3, 0.4) is 0 Å². The number of hydrogen-bond donors (Lipinski definition) is 0. The van der Waals surface area contributed by atoms with Crippen molar-refractivity contribution in [2.24, 2.45) is 0 Å². The van der Waals surface area contributed by atoms with Crippen LogP contribution in [0.2, 0.25) is 0 Å². The van der Waals surface area contributed by atoms with Crippen LogP contribution < -0.4 is 0 Å². The first-order valence-electron chi connectivity index (χ1n) is 5.63. The topological polar surface area (TPSA) is 17.8 Å². The Morgan fingerprint density at radius 1 is 1.25 bits per heavy atom. The van der Waals surface area contributed by atoms with Gasteiger partial charge in [0.05, 0.1) is 6.04 Å². The lowest BCUT2D eigenvalue weighted by Crippen LogP contribution is -2.19. The Kier molecular flexibility index (Phi) is 2.71. The summed E-state index contributed by atoms with van der Waals surface area (Å²) in [4.78, 5) is 4.42. The highest BCUT2D eigenvalue weighted by Gasteiger charge is 2.23. The van der Waals surface area contributed by atoms with Crippen LogP contribution in [0, 0.1) is 3.83 Å². The fraction of sp³-hybridized carbons (Fsp3) is 0.308. The number of aryl methyl sites for hydroxylation is 1. The van der Waals surface area contributed by atoms with E-state index in [4.69, 9.17) is 0 Å². The van der Waals surface area contributed by atoms with Gasteiger partial charge in [-0.2, -0.15) is 0 Å². The molecule has 0 spiro atoms. The van der Waals surface area contributed by atoms with Gasteiger partial charge in [-0.15, -0.1) is 0 Å². The summed E-state index contributed by atoms with van der Waals surface area (Å²) in [6, 6.07) is 11.2. The highest BCUT2D eigenvalue weighted by molar-refractivity contribution is 14.1. The quantitative estimate of drug-likeness (QED) is 0.735. The zero-order valence-electron chi connectivity index (χ0n) is 8.94. The molecule has 3 rings (SSSR count). The van der Waals surface area contributed by atoms with Crippen LogP contribution in [0.15, 0.2) is 36.5 Å². The standard InChI is InChI=1S/C13H13IN2/c14-13-15-9-11-7-4-8-12(16(11)13)10-5-2-1-3-6-10/h1-3,5-6,9,12H,4,7-8H2. The van der Waals surface area contributed by atoms with Crippen molar-refractivity contribution in [3.05, 3.63) is 51.6 Å². The third-order valence-electron chi connectivity index (χ3n) is 3.23. The molecule has 2 nitrogen and oxygen atoms in total. The molecule has 0 radical (unpaired) electrons. The lowest BCUT2D eigenvalue weighted by molar-refractivity contribution is 0.450. The molecule has 0 aliphatic carbocycles. The van der Waals surface area contributed by atoms with Crippen molar-refractivity contribution in [3.8, 4) is 0 Å². The molecular formula is C13H13IN2. The largest absolute Gasteiger partial charge is 0.316 e. The van der Waals surface area contributed by atoms with Crippen molar-refractivity contribution in [2.75, 3.05) is 0 Å². The zero-order valence-corrected chi connectivity index (χ0v) is 11.1. The van der Waals surface area contributed by atoms with Gasteiger partial charge in [-0.3, -0.25) is 0 Å². The Labute approximate surface area is 109 Å². The smallest absolute Gasteiger partial charge is 0.172 e. The molecular weight excluding hydrogens is 311 g/mol. The second-order valence-corrected chi connectivity index (χ2v) is 5.17. The van der Waals surface area contributed by atoms with Crippen LogP contribution >= 0.6 is 22.6 Å². The molecule has 0 saturated heterocycles. The fourth-order valence-electron chi connectivity index (χ4n) is 2.48. The predicted molar refractivity (Wildman–Crippen MR) is 72.5 cm³/mol. The summed E-state index contributed by atoms with van der Waals surface area (Å²) in [5, 5.41) is 0. The van der Waals surface area contributed by atoms with Crippen LogP contribution in [0.1, 0.15) is 30.1 Å². The molecule has 0 bridgehead atoms. The molecule has 1 aliphatic heterocycles. The van der Waals surface area contributed by atoms with Gasteiger partial charge in [0.1, 0.15) is 0 Å². The Bertz CT molecular complexity index is 490. The number of nitrogens with zero attached hydrogens (tertiary/aromatic N) is 2. The molecule has 1 atom stereocenters. The average Bonchev–Trinajstić information content (AvgIpc) is 2.73. The van der Waals surface area contributed by atoms with Crippen molar-refractivity contribution in [2.45, 2.75) is 25.3 Å². The summed E-state index contributed by atoms with van der Waals surface area (Å²) in [5.74, 6) is 0. The number of benzene rings is 1. The van der Waals surface area contributed by atoms with Gasteiger partial charge in [-0.25, -0.2) is 4.98 Å². The summed E-state index contributed by atoms with van der Waals surface area (Å²) in [6.45, 7) is 0. The second-order valence-electron chi connectivity index (χ2n) is 4.21. The molecule has 2 aromatic rings. The molecule has 1 aromatic heterocycles. The number of hydrogen-bond acceptors (Lipinski definition) is 1. The van der Waals surface area contributed by atoms with E-state index in [0.29, 0.717) is 6.04 Å².